The lowest BCUT2D eigenvalue weighted by Gasteiger charge is -2.26. The molecule has 6 heterocycles. The van der Waals surface area contributed by atoms with Gasteiger partial charge in [0.15, 0.2) is 0 Å². The summed E-state index contributed by atoms with van der Waals surface area (Å²) in [5.74, 6) is -0.850. The number of aromatic amines is 3. The van der Waals surface area contributed by atoms with Gasteiger partial charge in [-0.25, -0.2) is 4.79 Å². The van der Waals surface area contributed by atoms with Crippen molar-refractivity contribution in [2.45, 2.75) is 32.6 Å². The number of likely N-dealkylation sites (N-methyl/N-ethyl adjacent to an activating group) is 1. The summed E-state index contributed by atoms with van der Waals surface area (Å²) >= 11 is 0. The molecule has 0 fully saturated rings. The molecule has 0 aliphatic carbocycles. The molecule has 6 aromatic carbocycles. The molecule has 3 N–H and O–H groups in total. The highest BCUT2D eigenvalue weighted by molar-refractivity contribution is 6.14. The summed E-state index contributed by atoms with van der Waals surface area (Å²) in [6, 6.07) is 40.5. The summed E-state index contributed by atoms with van der Waals surface area (Å²) in [7, 11) is 0. The van der Waals surface area contributed by atoms with Gasteiger partial charge in [-0.05, 0) is 139 Å². The lowest BCUT2D eigenvalue weighted by Crippen LogP contribution is -2.39. The van der Waals surface area contributed by atoms with Crippen LogP contribution in [-0.2, 0) is 35.2 Å². The molecule has 3 aliphatic rings. The first kappa shape index (κ1) is 45.7. The highest BCUT2D eigenvalue weighted by atomic mass is 16.6. The molecule has 0 saturated carbocycles. The second-order valence-electron chi connectivity index (χ2n) is 18.7. The van der Waals surface area contributed by atoms with Gasteiger partial charge in [0.25, 0.3) is 17.5 Å². The Kier molecular flexibility index (Phi) is 11.5. The maximum atomic E-state index is 14.4. The summed E-state index contributed by atoms with van der Waals surface area (Å²) in [5.41, 5.74) is 12.2. The number of esters is 1. The molecule has 0 atom stereocenters. The zero-order valence-electron chi connectivity index (χ0n) is 40.3. The minimum atomic E-state index is -0.515. The zero-order valence-corrected chi connectivity index (χ0v) is 40.3. The van der Waals surface area contributed by atoms with Crippen LogP contribution in [0.3, 0.4) is 0 Å². The molecule has 0 radical (unpaired) electrons. The molecule has 0 unspecified atom stereocenters. The number of non-ortho nitro benzene ring substituents is 1. The summed E-state index contributed by atoms with van der Waals surface area (Å²) in [5, 5.41) is 22.3. The normalized spacial score (nSPS) is 13.8. The van der Waals surface area contributed by atoms with Gasteiger partial charge in [-0.15, -0.1) is 0 Å². The van der Waals surface area contributed by atoms with E-state index in [9.17, 15) is 29.3 Å². The molecule has 0 spiro atoms. The molecule has 368 valence electrons. The first-order chi connectivity index (χ1) is 36.1. The van der Waals surface area contributed by atoms with Crippen LogP contribution in [0.1, 0.15) is 60.6 Å². The van der Waals surface area contributed by atoms with Crippen molar-refractivity contribution in [3.63, 3.8) is 0 Å². The summed E-state index contributed by atoms with van der Waals surface area (Å²) in [6.07, 6.45) is 2.30. The molecule has 0 bridgehead atoms. The molecule has 9 aromatic rings. The van der Waals surface area contributed by atoms with Crippen LogP contribution in [0.15, 0.2) is 144 Å². The van der Waals surface area contributed by atoms with Crippen molar-refractivity contribution in [1.82, 2.24) is 15.0 Å². The number of nitro benzene ring substituents is 1. The van der Waals surface area contributed by atoms with Crippen molar-refractivity contribution >= 4 is 96.2 Å². The predicted octanol–water partition coefficient (Wildman–Crippen LogP) is 10.7. The number of nitrogens with zero attached hydrogens (tertiary/aromatic N) is 7. The van der Waals surface area contributed by atoms with Crippen molar-refractivity contribution in [3.8, 4) is 0 Å². The molecule has 17 heteroatoms. The van der Waals surface area contributed by atoms with Crippen LogP contribution < -0.4 is 19.6 Å². The molecule has 3 aromatic heterocycles. The Labute approximate surface area is 423 Å². The highest BCUT2D eigenvalue weighted by Crippen LogP contribution is 2.40. The fourth-order valence-corrected chi connectivity index (χ4v) is 10.7. The van der Waals surface area contributed by atoms with E-state index in [1.165, 1.54) is 12.1 Å². The molecule has 12 rings (SSSR count). The minimum absolute atomic E-state index is 0.000479. The fraction of sp³-hybridized carbons (Fsp3) is 0.193. The summed E-state index contributed by atoms with van der Waals surface area (Å²) in [4.78, 5) is 83.5. The third kappa shape index (κ3) is 8.26. The van der Waals surface area contributed by atoms with Crippen LogP contribution in [0.4, 0.5) is 39.8 Å². The van der Waals surface area contributed by atoms with E-state index in [-0.39, 0.29) is 36.6 Å². The summed E-state index contributed by atoms with van der Waals surface area (Å²) in [6.45, 7) is 4.48. The Morgan fingerprint density at radius 1 is 0.608 bits per heavy atom. The lowest BCUT2D eigenvalue weighted by molar-refractivity contribution is -0.384. The van der Waals surface area contributed by atoms with E-state index in [0.717, 1.165) is 89.1 Å². The molecule has 74 heavy (non-hydrogen) atoms. The Bertz CT molecular complexity index is 3760. The van der Waals surface area contributed by atoms with Gasteiger partial charge < -0.3 is 39.3 Å². The monoisotopic (exact) mass is 984 g/mol. The Morgan fingerprint density at radius 2 is 1.09 bits per heavy atom. The molecular formula is C57H48N10O7. The van der Waals surface area contributed by atoms with E-state index in [1.807, 2.05) is 120 Å². The van der Waals surface area contributed by atoms with E-state index >= 15 is 0 Å². The maximum Gasteiger partial charge on any atom is 0.354 e. The van der Waals surface area contributed by atoms with Crippen molar-refractivity contribution in [3.05, 3.63) is 183 Å². The Hall–Kier alpha value is -9.38. The molecule has 3 aliphatic heterocycles. The van der Waals surface area contributed by atoms with Gasteiger partial charge in [-0.2, -0.15) is 10.2 Å². The van der Waals surface area contributed by atoms with Crippen LogP contribution in [0.2, 0.25) is 0 Å². The van der Waals surface area contributed by atoms with Crippen LogP contribution in [0, 0.1) is 10.1 Å². The number of H-pyrrole nitrogens is 3. The fourth-order valence-electron chi connectivity index (χ4n) is 10.7. The average molecular weight is 985 g/mol. The second kappa shape index (κ2) is 18.7. The van der Waals surface area contributed by atoms with Crippen LogP contribution in [-0.4, -0.2) is 82.9 Å². The number of carbonyl (C=O) groups excluding carboxylic acids is 4. The number of ether oxygens (including phenoxy) is 1. The second-order valence-corrected chi connectivity index (χ2v) is 18.7. The number of azo groups is 1. The Morgan fingerprint density at radius 3 is 1.62 bits per heavy atom. The van der Waals surface area contributed by atoms with Gasteiger partial charge in [0.05, 0.1) is 29.4 Å². The van der Waals surface area contributed by atoms with Gasteiger partial charge in [-0.3, -0.25) is 24.5 Å². The van der Waals surface area contributed by atoms with Gasteiger partial charge in [0.1, 0.15) is 17.1 Å². The number of rotatable bonds is 13. The quantitative estimate of drug-likeness (QED) is 0.0437. The number of anilines is 4. The minimum Gasteiger partial charge on any atom is -0.461 e. The van der Waals surface area contributed by atoms with E-state index in [1.54, 1.807) is 28.0 Å². The molecule has 17 nitrogen and oxygen atoms in total. The number of nitro groups is 1. The topological polar surface area (TPSA) is 206 Å². The number of aromatic nitrogens is 3. The predicted molar refractivity (Wildman–Crippen MR) is 284 cm³/mol. The maximum absolute atomic E-state index is 14.4. The van der Waals surface area contributed by atoms with Crippen molar-refractivity contribution in [2.75, 3.05) is 58.9 Å². The van der Waals surface area contributed by atoms with Gasteiger partial charge in [-0.1, -0.05) is 30.3 Å². The first-order valence-electron chi connectivity index (χ1n) is 24.7. The number of fused-ring (bicyclic) bond motifs is 9. The number of carbonyl (C=O) groups is 4. The van der Waals surface area contributed by atoms with Crippen LogP contribution in [0.25, 0.3) is 32.7 Å². The molecule has 3 amide bonds. The van der Waals surface area contributed by atoms with Gasteiger partial charge >= 0.3 is 5.97 Å². The largest absolute Gasteiger partial charge is 0.461 e. The van der Waals surface area contributed by atoms with E-state index in [0.29, 0.717) is 68.9 Å². The average Bonchev–Trinajstić information content (AvgIpc) is 4.30. The number of benzene rings is 6. The SMILES string of the molecule is CCN(CC(=O)N1CCc2c1ccc1[nH]c(C(=O)N3CCc4c3ccc3[nH]c(C(=O)N5CCc6c5ccc5[nH]c(C(=O)OCCc7ccc([N+](=O)[O-])cc7)cc65)cc43)cc21)c1ccc(N=Nc2ccccc2)cc1. The van der Waals surface area contributed by atoms with Gasteiger partial charge in [0, 0.05) is 100 Å². The van der Waals surface area contributed by atoms with Crippen LogP contribution in [0.5, 0.6) is 0 Å². The van der Waals surface area contributed by atoms with Crippen molar-refractivity contribution in [1.29, 1.82) is 0 Å². The van der Waals surface area contributed by atoms with E-state index in [2.05, 4.69) is 25.2 Å². The zero-order chi connectivity index (χ0) is 50.6. The number of hydrogen-bond donors (Lipinski definition) is 3. The lowest BCUT2D eigenvalue weighted by atomic mass is 10.1. The number of amides is 3. The number of hydrogen-bond acceptors (Lipinski definition) is 10. The first-order valence-corrected chi connectivity index (χ1v) is 24.7. The molecule has 0 saturated heterocycles. The van der Waals surface area contributed by atoms with E-state index in [4.69, 9.17) is 4.74 Å². The smallest absolute Gasteiger partial charge is 0.354 e. The summed E-state index contributed by atoms with van der Waals surface area (Å²) < 4.78 is 5.54. The standard InChI is InChI=1S/C57H48N10O7/c1-2-63(37-14-10-36(11-15-37)62-61-35-6-4-3-5-7-35)33-54(68)64-26-22-39-42-30-48(58-45(42)16-19-51(39)64)55(69)65-27-23-40-43-31-49(59-46(43)17-20-52(40)65)56(70)66-28-24-41-44-32-50(60-47(44)18-21-53(41)66)57(71)74-29-25-34-8-12-38(13-9-34)67(72)73/h3-21,30-32,58-60H,2,22-29,33H2,1H3. The van der Waals surface area contributed by atoms with Crippen LogP contribution >= 0.6 is 0 Å². The highest BCUT2D eigenvalue weighted by Gasteiger charge is 2.33. The Balaban J connectivity index is 0.709. The van der Waals surface area contributed by atoms with Crippen molar-refractivity contribution < 1.29 is 28.8 Å². The third-order valence-corrected chi connectivity index (χ3v) is 14.5. The third-order valence-electron chi connectivity index (χ3n) is 14.5. The number of nitrogens with one attached hydrogen (secondary N) is 3. The van der Waals surface area contributed by atoms with Gasteiger partial charge in [0.2, 0.25) is 5.91 Å². The van der Waals surface area contributed by atoms with Crippen molar-refractivity contribution in [2.24, 2.45) is 10.2 Å². The molecular weight excluding hydrogens is 937 g/mol. The van der Waals surface area contributed by atoms with E-state index < -0.39 is 10.9 Å².